The van der Waals surface area contributed by atoms with Crippen LogP contribution in [-0.4, -0.2) is 23.7 Å². The van der Waals surface area contributed by atoms with Crippen molar-refractivity contribution in [1.82, 2.24) is 0 Å². The molecule has 48 heavy (non-hydrogen) atoms. The number of hydrogen-bond acceptors (Lipinski definition) is 3. The van der Waals surface area contributed by atoms with Gasteiger partial charge >= 0.3 is 11.9 Å². The number of hydrogen-bond donors (Lipinski definition) is 1. The van der Waals surface area contributed by atoms with Gasteiger partial charge in [0.05, 0.1) is 17.7 Å². The average molecular weight is 669 g/mol. The Morgan fingerprint density at radius 1 is 0.479 bits per heavy atom. The molecule has 1 aromatic rings. The summed E-state index contributed by atoms with van der Waals surface area (Å²) in [5, 5.41) is 9.20. The molecule has 0 fully saturated rings. The summed E-state index contributed by atoms with van der Waals surface area (Å²) >= 11 is 0. The highest BCUT2D eigenvalue weighted by molar-refractivity contribution is 6.02. The van der Waals surface area contributed by atoms with E-state index in [2.05, 4.69) is 19.1 Å². The lowest BCUT2D eigenvalue weighted by molar-refractivity contribution is 0.0487. The van der Waals surface area contributed by atoms with Gasteiger partial charge in [-0.2, -0.15) is 0 Å². The van der Waals surface area contributed by atoms with Gasteiger partial charge in [-0.05, 0) is 44.2 Å². The number of carbonyl (C=O) groups excluding carboxylic acids is 1. The van der Waals surface area contributed by atoms with Crippen molar-refractivity contribution in [3.05, 3.63) is 47.5 Å². The summed E-state index contributed by atoms with van der Waals surface area (Å²) in [6.45, 7) is 2.64. The van der Waals surface area contributed by atoms with Crippen molar-refractivity contribution in [2.45, 2.75) is 212 Å². The molecule has 4 heteroatoms. The molecule has 0 atom stereocenters. The standard InChI is InChI=1S/C44H76O4/c1-2-3-4-5-6-7-8-9-10-11-12-13-14-15-16-17-18-19-20-21-22-23-24-25-26-27-28-29-30-31-32-33-34-37-40-48-44(47)42-39-36-35-38-41(42)43(45)46/h9-10,35-36,38-39H,2-8,11-34,37,40H2,1H3,(H,45,46)/b10-9-. The first-order valence-electron chi connectivity index (χ1n) is 20.8. The van der Waals surface area contributed by atoms with Crippen LogP contribution in [0, 0.1) is 0 Å². The second-order valence-corrected chi connectivity index (χ2v) is 14.3. The Labute approximate surface area is 297 Å². The molecule has 4 nitrogen and oxygen atoms in total. The van der Waals surface area contributed by atoms with Gasteiger partial charge in [0.15, 0.2) is 0 Å². The summed E-state index contributed by atoms with van der Waals surface area (Å²) in [6, 6.07) is 6.22. The molecular weight excluding hydrogens is 592 g/mol. The zero-order valence-corrected chi connectivity index (χ0v) is 31.5. The fourth-order valence-corrected chi connectivity index (χ4v) is 6.62. The molecule has 1 rings (SSSR count). The van der Waals surface area contributed by atoms with Gasteiger partial charge in [0.2, 0.25) is 0 Å². The lowest BCUT2D eigenvalue weighted by Crippen LogP contribution is -2.12. The average Bonchev–Trinajstić information content (AvgIpc) is 3.09. The monoisotopic (exact) mass is 669 g/mol. The van der Waals surface area contributed by atoms with Gasteiger partial charge in [0.25, 0.3) is 0 Å². The van der Waals surface area contributed by atoms with Gasteiger partial charge in [-0.25, -0.2) is 9.59 Å². The third-order valence-corrected chi connectivity index (χ3v) is 9.77. The van der Waals surface area contributed by atoms with Crippen LogP contribution in [0.1, 0.15) is 233 Å². The molecule has 0 radical (unpaired) electrons. The maximum atomic E-state index is 12.2. The molecule has 0 saturated heterocycles. The molecule has 0 unspecified atom stereocenters. The van der Waals surface area contributed by atoms with Gasteiger partial charge in [0, 0.05) is 0 Å². The van der Waals surface area contributed by atoms with E-state index in [-0.39, 0.29) is 11.1 Å². The van der Waals surface area contributed by atoms with E-state index >= 15 is 0 Å². The maximum Gasteiger partial charge on any atom is 0.339 e. The number of carboxylic acid groups (broad SMARTS) is 1. The van der Waals surface area contributed by atoms with Gasteiger partial charge in [-0.1, -0.05) is 205 Å². The Kier molecular flexibility index (Phi) is 31.8. The molecule has 0 heterocycles. The summed E-state index contributed by atoms with van der Waals surface area (Å²) in [5.41, 5.74) is 0.128. The van der Waals surface area contributed by atoms with Crippen LogP contribution in [0.4, 0.5) is 0 Å². The number of carboxylic acids is 1. The predicted octanol–water partition coefficient (Wildman–Crippen LogP) is 14.6. The van der Waals surface area contributed by atoms with E-state index in [9.17, 15) is 14.7 Å². The molecule has 0 aromatic heterocycles. The topological polar surface area (TPSA) is 63.6 Å². The van der Waals surface area contributed by atoms with Crippen molar-refractivity contribution >= 4 is 11.9 Å². The largest absolute Gasteiger partial charge is 0.478 e. The number of allylic oxidation sites excluding steroid dienone is 2. The van der Waals surface area contributed by atoms with E-state index in [4.69, 9.17) is 4.74 Å². The van der Waals surface area contributed by atoms with Crippen molar-refractivity contribution in [3.8, 4) is 0 Å². The Balaban J connectivity index is 1.70. The van der Waals surface area contributed by atoms with Gasteiger partial charge in [-0.15, -0.1) is 0 Å². The minimum absolute atomic E-state index is 0.00211. The first-order chi connectivity index (χ1) is 23.7. The first-order valence-corrected chi connectivity index (χ1v) is 20.8. The number of benzene rings is 1. The van der Waals surface area contributed by atoms with Crippen molar-refractivity contribution in [2.75, 3.05) is 6.61 Å². The summed E-state index contributed by atoms with van der Waals surface area (Å²) in [5.74, 6) is -1.65. The number of rotatable bonds is 36. The van der Waals surface area contributed by atoms with Crippen LogP contribution in [0.2, 0.25) is 0 Å². The third-order valence-electron chi connectivity index (χ3n) is 9.77. The highest BCUT2D eigenvalue weighted by Crippen LogP contribution is 2.17. The molecular formula is C44H76O4. The fourth-order valence-electron chi connectivity index (χ4n) is 6.62. The SMILES string of the molecule is CCCCCCCC/C=C\CCCCCCCCCCCCCCCCCCCCCCCCCCOC(=O)c1ccccc1C(=O)O. The zero-order chi connectivity index (χ0) is 34.6. The minimum atomic E-state index is -1.10. The van der Waals surface area contributed by atoms with Gasteiger partial charge in [0.1, 0.15) is 0 Å². The molecule has 0 aliphatic rings. The molecule has 0 saturated carbocycles. The van der Waals surface area contributed by atoms with Crippen molar-refractivity contribution in [1.29, 1.82) is 0 Å². The minimum Gasteiger partial charge on any atom is -0.478 e. The molecule has 0 aliphatic carbocycles. The van der Waals surface area contributed by atoms with Crippen molar-refractivity contribution in [3.63, 3.8) is 0 Å². The van der Waals surface area contributed by atoms with Crippen molar-refractivity contribution in [2.24, 2.45) is 0 Å². The van der Waals surface area contributed by atoms with Crippen LogP contribution in [-0.2, 0) is 4.74 Å². The molecule has 0 spiro atoms. The molecule has 0 amide bonds. The van der Waals surface area contributed by atoms with E-state index < -0.39 is 11.9 Å². The lowest BCUT2D eigenvalue weighted by Gasteiger charge is -2.07. The number of ether oxygens (including phenoxy) is 1. The van der Waals surface area contributed by atoms with E-state index in [1.807, 2.05) is 0 Å². The van der Waals surface area contributed by atoms with Crippen LogP contribution < -0.4 is 0 Å². The van der Waals surface area contributed by atoms with E-state index in [1.54, 1.807) is 12.1 Å². The molecule has 1 aromatic carbocycles. The van der Waals surface area contributed by atoms with E-state index in [1.165, 1.54) is 205 Å². The Morgan fingerprint density at radius 3 is 1.15 bits per heavy atom. The molecule has 0 bridgehead atoms. The summed E-state index contributed by atoms with van der Waals surface area (Å²) < 4.78 is 5.28. The van der Waals surface area contributed by atoms with Gasteiger partial charge < -0.3 is 9.84 Å². The number of aromatic carboxylic acids is 1. The van der Waals surface area contributed by atoms with Crippen LogP contribution in [0.5, 0.6) is 0 Å². The van der Waals surface area contributed by atoms with E-state index in [0.29, 0.717) is 6.61 Å². The predicted molar refractivity (Wildman–Crippen MR) is 206 cm³/mol. The normalized spacial score (nSPS) is 11.4. The maximum absolute atomic E-state index is 12.2. The number of carbonyl (C=O) groups is 2. The summed E-state index contributed by atoms with van der Waals surface area (Å²) in [6.07, 6.45) is 48.4. The van der Waals surface area contributed by atoms with Crippen LogP contribution >= 0.6 is 0 Å². The quantitative estimate of drug-likeness (QED) is 0.0439. The lowest BCUT2D eigenvalue weighted by atomic mass is 10.0. The summed E-state index contributed by atoms with van der Waals surface area (Å²) in [4.78, 5) is 23.4. The highest BCUT2D eigenvalue weighted by Gasteiger charge is 2.16. The Hall–Kier alpha value is -2.10. The van der Waals surface area contributed by atoms with Gasteiger partial charge in [-0.3, -0.25) is 0 Å². The molecule has 0 aliphatic heterocycles. The third kappa shape index (κ3) is 27.8. The van der Waals surface area contributed by atoms with Crippen LogP contribution in [0.3, 0.4) is 0 Å². The number of unbranched alkanes of at least 4 members (excludes halogenated alkanes) is 30. The summed E-state index contributed by atoms with van der Waals surface area (Å²) in [7, 11) is 0. The fraction of sp³-hybridized carbons (Fsp3) is 0.773. The first kappa shape index (κ1) is 43.9. The van der Waals surface area contributed by atoms with Crippen LogP contribution in [0.25, 0.3) is 0 Å². The van der Waals surface area contributed by atoms with Crippen molar-refractivity contribution < 1.29 is 19.4 Å². The second-order valence-electron chi connectivity index (χ2n) is 14.3. The Bertz CT molecular complexity index is 892. The second kappa shape index (κ2) is 34.8. The number of esters is 1. The van der Waals surface area contributed by atoms with Crippen LogP contribution in [0.15, 0.2) is 36.4 Å². The zero-order valence-electron chi connectivity index (χ0n) is 31.5. The highest BCUT2D eigenvalue weighted by atomic mass is 16.5. The smallest absolute Gasteiger partial charge is 0.339 e. The molecule has 276 valence electrons. The Morgan fingerprint density at radius 2 is 0.792 bits per heavy atom. The molecule has 1 N–H and O–H groups in total. The van der Waals surface area contributed by atoms with E-state index in [0.717, 1.165) is 12.8 Å².